The second-order valence-corrected chi connectivity index (χ2v) is 4.98. The molecule has 1 N–H and O–H groups in total. The molecule has 3 nitrogen and oxygen atoms in total. The van der Waals surface area contributed by atoms with E-state index in [0.717, 1.165) is 0 Å². The molecule has 0 aliphatic rings. The van der Waals surface area contributed by atoms with Crippen molar-refractivity contribution in [2.45, 2.75) is 0 Å². The van der Waals surface area contributed by atoms with E-state index in [1.807, 2.05) is 0 Å². The number of hydrogen-bond acceptors (Lipinski definition) is 3. The number of hydrogen-bond donors (Lipinski definition) is 1. The molecule has 0 bridgehead atoms. The largest absolute Gasteiger partial charge is 0.506 e. The van der Waals surface area contributed by atoms with E-state index in [9.17, 15) is 9.50 Å². The zero-order valence-electron chi connectivity index (χ0n) is 10.9. The second-order valence-electron chi connectivity index (χ2n) is 4.14. The maximum absolute atomic E-state index is 13.3. The first-order valence-corrected chi connectivity index (χ1v) is 6.88. The number of para-hydroxylation sites is 1. The molecule has 6 heteroatoms. The first-order valence-electron chi connectivity index (χ1n) is 6.13. The van der Waals surface area contributed by atoms with Gasteiger partial charge in [-0.3, -0.25) is 4.99 Å². The van der Waals surface area contributed by atoms with Gasteiger partial charge in [0.1, 0.15) is 12.4 Å². The van der Waals surface area contributed by atoms with Crippen molar-refractivity contribution < 1.29 is 14.2 Å². The van der Waals surface area contributed by atoms with Crippen LogP contribution in [0.15, 0.2) is 41.4 Å². The highest BCUT2D eigenvalue weighted by Gasteiger charge is 2.05. The summed E-state index contributed by atoms with van der Waals surface area (Å²) in [4.78, 5) is 4.08. The van der Waals surface area contributed by atoms with Crippen LogP contribution >= 0.6 is 23.2 Å². The summed E-state index contributed by atoms with van der Waals surface area (Å²) < 4.78 is 18.5. The Balaban J connectivity index is 1.91. The van der Waals surface area contributed by atoms with Crippen LogP contribution in [0.4, 0.5) is 4.39 Å². The zero-order chi connectivity index (χ0) is 15.2. The van der Waals surface area contributed by atoms with Gasteiger partial charge < -0.3 is 9.84 Å². The Kier molecular flexibility index (Phi) is 5.42. The molecule has 110 valence electrons. The Bertz CT molecular complexity index is 662. The van der Waals surface area contributed by atoms with Gasteiger partial charge >= 0.3 is 0 Å². The summed E-state index contributed by atoms with van der Waals surface area (Å²) in [7, 11) is 0. The number of ether oxygens (including phenoxy) is 1. The van der Waals surface area contributed by atoms with Crippen LogP contribution in [0.1, 0.15) is 5.56 Å². The van der Waals surface area contributed by atoms with Crippen LogP contribution in [0.25, 0.3) is 0 Å². The summed E-state index contributed by atoms with van der Waals surface area (Å²) in [6.07, 6.45) is 1.44. The van der Waals surface area contributed by atoms with Gasteiger partial charge in [-0.15, -0.1) is 0 Å². The van der Waals surface area contributed by atoms with Gasteiger partial charge in [0.15, 0.2) is 11.6 Å². The van der Waals surface area contributed by atoms with Crippen LogP contribution in [0.2, 0.25) is 10.0 Å². The molecule has 2 aromatic rings. The monoisotopic (exact) mass is 327 g/mol. The minimum Gasteiger partial charge on any atom is -0.506 e. The Morgan fingerprint density at radius 2 is 2.00 bits per heavy atom. The number of rotatable bonds is 5. The molecular formula is C15H12Cl2FNO2. The van der Waals surface area contributed by atoms with Crippen LogP contribution in [-0.4, -0.2) is 24.5 Å². The van der Waals surface area contributed by atoms with Crippen molar-refractivity contribution in [2.75, 3.05) is 13.2 Å². The molecule has 0 saturated heterocycles. The number of phenols is 1. The lowest BCUT2D eigenvalue weighted by molar-refractivity contribution is 0.311. The fourth-order valence-electron chi connectivity index (χ4n) is 1.62. The third-order valence-electron chi connectivity index (χ3n) is 2.60. The summed E-state index contributed by atoms with van der Waals surface area (Å²) >= 11 is 11.6. The molecule has 0 atom stereocenters. The average Bonchev–Trinajstić information content (AvgIpc) is 2.45. The SMILES string of the molecule is Oc1c(Cl)cc(Cl)cc1C=NCCOc1ccccc1F. The predicted molar refractivity (Wildman–Crippen MR) is 82.5 cm³/mol. The molecule has 0 amide bonds. The molecular weight excluding hydrogens is 316 g/mol. The van der Waals surface area contributed by atoms with Crippen LogP contribution < -0.4 is 4.74 Å². The molecule has 2 aromatic carbocycles. The third kappa shape index (κ3) is 4.34. The quantitative estimate of drug-likeness (QED) is 0.655. The molecule has 0 spiro atoms. The topological polar surface area (TPSA) is 41.8 Å². The number of aliphatic imine (C=N–C) groups is 1. The Labute approximate surface area is 131 Å². The zero-order valence-corrected chi connectivity index (χ0v) is 12.4. The highest BCUT2D eigenvalue weighted by molar-refractivity contribution is 6.36. The number of phenolic OH excluding ortho intramolecular Hbond substituents is 1. The van der Waals surface area contributed by atoms with Crippen molar-refractivity contribution in [3.05, 3.63) is 57.8 Å². The first-order chi connectivity index (χ1) is 10.1. The predicted octanol–water partition coefficient (Wildman–Crippen LogP) is 4.34. The van der Waals surface area contributed by atoms with Crippen LogP contribution in [0, 0.1) is 5.82 Å². The van der Waals surface area contributed by atoms with E-state index in [4.69, 9.17) is 27.9 Å². The molecule has 0 aliphatic carbocycles. The first kappa shape index (κ1) is 15.6. The van der Waals surface area contributed by atoms with Crippen molar-refractivity contribution in [1.82, 2.24) is 0 Å². The lowest BCUT2D eigenvalue weighted by Gasteiger charge is -2.05. The summed E-state index contributed by atoms with van der Waals surface area (Å²) in [5.74, 6) is -0.318. The Morgan fingerprint density at radius 1 is 1.24 bits per heavy atom. The van der Waals surface area contributed by atoms with Gasteiger partial charge in [-0.2, -0.15) is 0 Å². The van der Waals surface area contributed by atoms with E-state index in [1.165, 1.54) is 18.3 Å². The van der Waals surface area contributed by atoms with Gasteiger partial charge in [-0.25, -0.2) is 4.39 Å². The normalized spacial score (nSPS) is 11.0. The number of benzene rings is 2. The standard InChI is InChI=1S/C15H12Cl2FNO2/c16-11-7-10(15(20)12(17)8-11)9-19-5-6-21-14-4-2-1-3-13(14)18/h1-4,7-9,20H,5-6H2. The number of aromatic hydroxyl groups is 1. The smallest absolute Gasteiger partial charge is 0.165 e. The summed E-state index contributed by atoms with van der Waals surface area (Å²) in [6.45, 7) is 0.518. The van der Waals surface area contributed by atoms with Crippen LogP contribution in [-0.2, 0) is 0 Å². The molecule has 2 rings (SSSR count). The highest BCUT2D eigenvalue weighted by atomic mass is 35.5. The molecule has 21 heavy (non-hydrogen) atoms. The molecule has 0 fully saturated rings. The lowest BCUT2D eigenvalue weighted by atomic mass is 10.2. The number of nitrogens with zero attached hydrogens (tertiary/aromatic N) is 1. The maximum Gasteiger partial charge on any atom is 0.165 e. The van der Waals surface area contributed by atoms with Gasteiger partial charge in [0, 0.05) is 16.8 Å². The fourth-order valence-corrected chi connectivity index (χ4v) is 2.13. The fraction of sp³-hybridized carbons (Fsp3) is 0.133. The van der Waals surface area contributed by atoms with Gasteiger partial charge in [-0.1, -0.05) is 35.3 Å². The molecule has 0 radical (unpaired) electrons. The van der Waals surface area contributed by atoms with Crippen molar-refractivity contribution in [1.29, 1.82) is 0 Å². The van der Waals surface area contributed by atoms with Crippen molar-refractivity contribution in [2.24, 2.45) is 4.99 Å². The maximum atomic E-state index is 13.3. The van der Waals surface area contributed by atoms with Crippen LogP contribution in [0.3, 0.4) is 0 Å². The molecule has 0 heterocycles. The van der Waals surface area contributed by atoms with E-state index in [-0.39, 0.29) is 23.1 Å². The van der Waals surface area contributed by atoms with E-state index in [0.29, 0.717) is 17.1 Å². The van der Waals surface area contributed by atoms with E-state index < -0.39 is 5.82 Å². The van der Waals surface area contributed by atoms with E-state index in [2.05, 4.69) is 4.99 Å². The number of halogens is 3. The van der Waals surface area contributed by atoms with Crippen molar-refractivity contribution in [3.8, 4) is 11.5 Å². The Hall–Kier alpha value is -1.78. The van der Waals surface area contributed by atoms with Crippen LogP contribution in [0.5, 0.6) is 11.5 Å². The summed E-state index contributed by atoms with van der Waals surface area (Å²) in [6, 6.07) is 9.13. The highest BCUT2D eigenvalue weighted by Crippen LogP contribution is 2.29. The molecule has 0 unspecified atom stereocenters. The molecule has 0 aromatic heterocycles. The summed E-state index contributed by atoms with van der Waals surface area (Å²) in [5.41, 5.74) is 0.415. The molecule has 0 saturated carbocycles. The summed E-state index contributed by atoms with van der Waals surface area (Å²) in [5, 5.41) is 10.3. The third-order valence-corrected chi connectivity index (χ3v) is 3.11. The van der Waals surface area contributed by atoms with Crippen molar-refractivity contribution in [3.63, 3.8) is 0 Å². The average molecular weight is 328 g/mol. The van der Waals surface area contributed by atoms with Gasteiger partial charge in [0.25, 0.3) is 0 Å². The van der Waals surface area contributed by atoms with Crippen molar-refractivity contribution >= 4 is 29.4 Å². The molecule has 0 aliphatic heterocycles. The minimum atomic E-state index is -0.416. The van der Waals surface area contributed by atoms with Gasteiger partial charge in [0.2, 0.25) is 0 Å². The van der Waals surface area contributed by atoms with Gasteiger partial charge in [-0.05, 0) is 24.3 Å². The minimum absolute atomic E-state index is 0.0835. The Morgan fingerprint density at radius 3 is 2.76 bits per heavy atom. The lowest BCUT2D eigenvalue weighted by Crippen LogP contribution is -2.02. The van der Waals surface area contributed by atoms with E-state index >= 15 is 0 Å². The second kappa shape index (κ2) is 7.29. The van der Waals surface area contributed by atoms with Gasteiger partial charge in [0.05, 0.1) is 11.6 Å². The van der Waals surface area contributed by atoms with E-state index in [1.54, 1.807) is 24.3 Å².